The molecule has 0 spiro atoms. The fourth-order valence-corrected chi connectivity index (χ4v) is 2.22. The van der Waals surface area contributed by atoms with Crippen LogP contribution in [0.2, 0.25) is 0 Å². The van der Waals surface area contributed by atoms with Crippen LogP contribution in [-0.2, 0) is 4.74 Å². The molecule has 0 aromatic rings. The van der Waals surface area contributed by atoms with Crippen molar-refractivity contribution in [1.29, 1.82) is 0 Å². The molecule has 1 aliphatic rings. The molecule has 0 amide bonds. The predicted octanol–water partition coefficient (Wildman–Crippen LogP) is 1.09. The van der Waals surface area contributed by atoms with E-state index in [1.54, 1.807) is 0 Å². The topological polar surface area (TPSA) is 24.5 Å². The average molecular weight is 200 g/mol. The van der Waals surface area contributed by atoms with E-state index in [1.165, 1.54) is 6.42 Å². The molecule has 0 radical (unpaired) electrons. The summed E-state index contributed by atoms with van der Waals surface area (Å²) in [6.45, 7) is 9.76. The number of morpholine rings is 1. The number of nitrogens with zero attached hydrogens (tertiary/aromatic N) is 1. The maximum absolute atomic E-state index is 5.70. The third kappa shape index (κ3) is 2.94. The molecule has 0 aromatic heterocycles. The quantitative estimate of drug-likeness (QED) is 0.735. The molecule has 1 rings (SSSR count). The lowest BCUT2D eigenvalue weighted by Gasteiger charge is -2.42. The smallest absolute Gasteiger partial charge is 0.0703 e. The lowest BCUT2D eigenvalue weighted by Crippen LogP contribution is -2.53. The molecule has 1 heterocycles. The van der Waals surface area contributed by atoms with Gasteiger partial charge in [0.1, 0.15) is 0 Å². The van der Waals surface area contributed by atoms with Crippen molar-refractivity contribution in [3.05, 3.63) is 0 Å². The van der Waals surface area contributed by atoms with Crippen molar-refractivity contribution in [1.82, 2.24) is 10.2 Å². The summed E-state index contributed by atoms with van der Waals surface area (Å²) < 4.78 is 5.70. The van der Waals surface area contributed by atoms with Gasteiger partial charge in [-0.25, -0.2) is 0 Å². The van der Waals surface area contributed by atoms with E-state index in [9.17, 15) is 0 Å². The molecule has 1 N–H and O–H groups in total. The Balaban J connectivity index is 2.52. The van der Waals surface area contributed by atoms with E-state index in [2.05, 4.69) is 31.0 Å². The lowest BCUT2D eigenvalue weighted by molar-refractivity contribution is -0.0750. The van der Waals surface area contributed by atoms with Crippen molar-refractivity contribution in [2.45, 2.75) is 45.4 Å². The molecule has 0 aromatic carbocycles. The summed E-state index contributed by atoms with van der Waals surface area (Å²) in [6.07, 6.45) is 1.55. The summed E-state index contributed by atoms with van der Waals surface area (Å²) in [6, 6.07) is 1.21. The van der Waals surface area contributed by atoms with Gasteiger partial charge in [0.05, 0.1) is 12.7 Å². The van der Waals surface area contributed by atoms with Crippen LogP contribution < -0.4 is 5.32 Å². The summed E-state index contributed by atoms with van der Waals surface area (Å²) in [7, 11) is 2.01. The Morgan fingerprint density at radius 1 is 1.50 bits per heavy atom. The Kier molecular flexibility index (Phi) is 4.85. The number of ether oxygens (including phenoxy) is 1. The largest absolute Gasteiger partial charge is 0.376 e. The summed E-state index contributed by atoms with van der Waals surface area (Å²) in [4.78, 5) is 2.56. The molecule has 0 bridgehead atoms. The van der Waals surface area contributed by atoms with Crippen LogP contribution in [-0.4, -0.2) is 49.8 Å². The van der Waals surface area contributed by atoms with Crippen molar-refractivity contribution < 1.29 is 4.74 Å². The summed E-state index contributed by atoms with van der Waals surface area (Å²) in [5.41, 5.74) is 0. The van der Waals surface area contributed by atoms with Crippen molar-refractivity contribution in [2.24, 2.45) is 0 Å². The number of hydrogen-bond acceptors (Lipinski definition) is 3. The predicted molar refractivity (Wildman–Crippen MR) is 59.6 cm³/mol. The molecule has 84 valence electrons. The Labute approximate surface area is 87.8 Å². The van der Waals surface area contributed by atoms with Gasteiger partial charge >= 0.3 is 0 Å². The van der Waals surface area contributed by atoms with Gasteiger partial charge in [0.25, 0.3) is 0 Å². The van der Waals surface area contributed by atoms with Gasteiger partial charge in [0, 0.05) is 18.6 Å². The van der Waals surface area contributed by atoms with Crippen molar-refractivity contribution in [2.75, 3.05) is 26.7 Å². The van der Waals surface area contributed by atoms with E-state index < -0.39 is 0 Å². The monoisotopic (exact) mass is 200 g/mol. The molecule has 0 saturated carbocycles. The molecule has 1 saturated heterocycles. The van der Waals surface area contributed by atoms with Gasteiger partial charge in [-0.15, -0.1) is 0 Å². The van der Waals surface area contributed by atoms with Gasteiger partial charge in [-0.2, -0.15) is 0 Å². The van der Waals surface area contributed by atoms with E-state index in [1.807, 2.05) is 7.05 Å². The van der Waals surface area contributed by atoms with Crippen LogP contribution in [0.4, 0.5) is 0 Å². The molecule has 3 heteroatoms. The van der Waals surface area contributed by atoms with Crippen LogP contribution in [0.15, 0.2) is 0 Å². The molecular formula is C11H24N2O. The van der Waals surface area contributed by atoms with Gasteiger partial charge in [0.15, 0.2) is 0 Å². The fourth-order valence-electron chi connectivity index (χ4n) is 2.22. The molecule has 1 aliphatic heterocycles. The Morgan fingerprint density at radius 3 is 2.79 bits per heavy atom. The molecule has 0 aliphatic carbocycles. The molecule has 14 heavy (non-hydrogen) atoms. The molecule has 1 fully saturated rings. The Morgan fingerprint density at radius 2 is 2.21 bits per heavy atom. The highest BCUT2D eigenvalue weighted by molar-refractivity contribution is 4.83. The molecule has 3 nitrogen and oxygen atoms in total. The SMILES string of the molecule is CNCCC1C(C)OCCN1C(C)C. The Bertz CT molecular complexity index is 161. The second kappa shape index (κ2) is 5.69. The second-order valence-corrected chi connectivity index (χ2v) is 4.37. The number of rotatable bonds is 4. The first-order valence-electron chi connectivity index (χ1n) is 5.68. The van der Waals surface area contributed by atoms with Crippen LogP contribution in [0.25, 0.3) is 0 Å². The maximum Gasteiger partial charge on any atom is 0.0703 e. The van der Waals surface area contributed by atoms with Crippen LogP contribution in [0.3, 0.4) is 0 Å². The third-order valence-electron chi connectivity index (χ3n) is 3.05. The van der Waals surface area contributed by atoms with Gasteiger partial charge in [0.2, 0.25) is 0 Å². The van der Waals surface area contributed by atoms with Crippen LogP contribution >= 0.6 is 0 Å². The zero-order valence-corrected chi connectivity index (χ0v) is 9.92. The number of nitrogens with one attached hydrogen (secondary N) is 1. The average Bonchev–Trinajstić information content (AvgIpc) is 2.15. The van der Waals surface area contributed by atoms with Crippen molar-refractivity contribution in [3.63, 3.8) is 0 Å². The minimum Gasteiger partial charge on any atom is -0.376 e. The van der Waals surface area contributed by atoms with Crippen LogP contribution in [0.1, 0.15) is 27.2 Å². The van der Waals surface area contributed by atoms with Crippen molar-refractivity contribution in [3.8, 4) is 0 Å². The maximum atomic E-state index is 5.70. The summed E-state index contributed by atoms with van der Waals surface area (Å²) >= 11 is 0. The zero-order valence-electron chi connectivity index (χ0n) is 9.92. The molecule has 2 atom stereocenters. The highest BCUT2D eigenvalue weighted by Crippen LogP contribution is 2.19. The van der Waals surface area contributed by atoms with Gasteiger partial charge < -0.3 is 10.1 Å². The summed E-state index contributed by atoms with van der Waals surface area (Å²) in [5.74, 6) is 0. The highest BCUT2D eigenvalue weighted by Gasteiger charge is 2.29. The molecular weight excluding hydrogens is 176 g/mol. The minimum absolute atomic E-state index is 0.375. The second-order valence-electron chi connectivity index (χ2n) is 4.37. The van der Waals surface area contributed by atoms with Gasteiger partial charge in [-0.05, 0) is 40.8 Å². The van der Waals surface area contributed by atoms with Crippen LogP contribution in [0, 0.1) is 0 Å². The standard InChI is InChI=1S/C11H24N2O/c1-9(2)13-7-8-14-10(3)11(13)5-6-12-4/h9-12H,5-8H2,1-4H3. The lowest BCUT2D eigenvalue weighted by atomic mass is 10.0. The Hall–Kier alpha value is -0.120. The molecule has 2 unspecified atom stereocenters. The fraction of sp³-hybridized carbons (Fsp3) is 1.00. The minimum atomic E-state index is 0.375. The zero-order chi connectivity index (χ0) is 10.6. The van der Waals surface area contributed by atoms with E-state index in [4.69, 9.17) is 4.74 Å². The van der Waals surface area contributed by atoms with E-state index in [-0.39, 0.29) is 0 Å². The van der Waals surface area contributed by atoms with Crippen molar-refractivity contribution >= 4 is 0 Å². The first-order valence-corrected chi connectivity index (χ1v) is 5.68. The highest BCUT2D eigenvalue weighted by atomic mass is 16.5. The third-order valence-corrected chi connectivity index (χ3v) is 3.05. The van der Waals surface area contributed by atoms with Gasteiger partial charge in [-0.3, -0.25) is 4.90 Å². The van der Waals surface area contributed by atoms with E-state index in [0.717, 1.165) is 19.7 Å². The van der Waals surface area contributed by atoms with Gasteiger partial charge in [-0.1, -0.05) is 0 Å². The first kappa shape index (κ1) is 12.0. The van der Waals surface area contributed by atoms with Crippen LogP contribution in [0.5, 0.6) is 0 Å². The van der Waals surface area contributed by atoms with E-state index >= 15 is 0 Å². The first-order chi connectivity index (χ1) is 6.66. The summed E-state index contributed by atoms with van der Waals surface area (Å²) in [5, 5.41) is 3.21. The van der Waals surface area contributed by atoms with E-state index in [0.29, 0.717) is 18.2 Å². The normalized spacial score (nSPS) is 29.8. The number of hydrogen-bond donors (Lipinski definition) is 1.